The van der Waals surface area contributed by atoms with Gasteiger partial charge in [0.1, 0.15) is 11.5 Å². The number of hydrogen-bond donors (Lipinski definition) is 2. The van der Waals surface area contributed by atoms with Crippen LogP contribution in [0, 0.1) is 0 Å². The van der Waals surface area contributed by atoms with E-state index in [1.165, 1.54) is 0 Å². The SMILES string of the molecule is COc1ccc(CNC(=O)[C@@H](C)N(C)CC(=O)Nc2ccc(OC)cc2)cc1. The average Bonchev–Trinajstić information content (AvgIpc) is 2.72. The molecule has 0 radical (unpaired) electrons. The Bertz CT molecular complexity index is 775. The van der Waals surface area contributed by atoms with Crippen molar-refractivity contribution in [2.75, 3.05) is 33.1 Å². The monoisotopic (exact) mass is 385 g/mol. The molecule has 0 saturated carbocycles. The highest BCUT2D eigenvalue weighted by atomic mass is 16.5. The Morgan fingerprint density at radius 2 is 1.50 bits per heavy atom. The van der Waals surface area contributed by atoms with E-state index in [1.54, 1.807) is 57.4 Å². The van der Waals surface area contributed by atoms with Gasteiger partial charge in [0.25, 0.3) is 0 Å². The Hall–Kier alpha value is -3.06. The van der Waals surface area contributed by atoms with Gasteiger partial charge in [-0.1, -0.05) is 12.1 Å². The summed E-state index contributed by atoms with van der Waals surface area (Å²) >= 11 is 0. The van der Waals surface area contributed by atoms with Gasteiger partial charge < -0.3 is 20.1 Å². The van der Waals surface area contributed by atoms with Crippen molar-refractivity contribution in [3.63, 3.8) is 0 Å². The molecule has 150 valence electrons. The minimum Gasteiger partial charge on any atom is -0.497 e. The third-order valence-corrected chi connectivity index (χ3v) is 4.43. The van der Waals surface area contributed by atoms with Crippen molar-refractivity contribution in [1.82, 2.24) is 10.2 Å². The normalized spacial score (nSPS) is 11.6. The molecule has 0 aliphatic heterocycles. The van der Waals surface area contributed by atoms with Gasteiger partial charge in [0, 0.05) is 12.2 Å². The Morgan fingerprint density at radius 1 is 0.964 bits per heavy atom. The number of rotatable bonds is 9. The van der Waals surface area contributed by atoms with Crippen LogP contribution in [0.5, 0.6) is 11.5 Å². The number of carbonyl (C=O) groups is 2. The highest BCUT2D eigenvalue weighted by Crippen LogP contribution is 2.15. The van der Waals surface area contributed by atoms with Crippen molar-refractivity contribution < 1.29 is 19.1 Å². The summed E-state index contributed by atoms with van der Waals surface area (Å²) < 4.78 is 10.2. The molecule has 0 unspecified atom stereocenters. The molecular weight excluding hydrogens is 358 g/mol. The smallest absolute Gasteiger partial charge is 0.238 e. The first-order valence-corrected chi connectivity index (χ1v) is 8.97. The number of methoxy groups -OCH3 is 2. The number of hydrogen-bond acceptors (Lipinski definition) is 5. The second-order valence-corrected chi connectivity index (χ2v) is 6.43. The molecule has 7 nitrogen and oxygen atoms in total. The third-order valence-electron chi connectivity index (χ3n) is 4.43. The Labute approximate surface area is 165 Å². The molecule has 2 rings (SSSR count). The molecule has 2 aromatic rings. The van der Waals surface area contributed by atoms with Crippen molar-refractivity contribution in [2.45, 2.75) is 19.5 Å². The second-order valence-electron chi connectivity index (χ2n) is 6.43. The number of nitrogens with one attached hydrogen (secondary N) is 2. The molecule has 0 heterocycles. The van der Waals surface area contributed by atoms with Crippen molar-refractivity contribution in [3.05, 3.63) is 54.1 Å². The fraction of sp³-hybridized carbons (Fsp3) is 0.333. The van der Waals surface area contributed by atoms with Gasteiger partial charge >= 0.3 is 0 Å². The highest BCUT2D eigenvalue weighted by Gasteiger charge is 2.20. The molecule has 2 aromatic carbocycles. The zero-order chi connectivity index (χ0) is 20.5. The van der Waals surface area contributed by atoms with E-state index in [0.29, 0.717) is 12.2 Å². The zero-order valence-electron chi connectivity index (χ0n) is 16.7. The number of ether oxygens (including phenoxy) is 2. The first-order valence-electron chi connectivity index (χ1n) is 8.97. The molecule has 0 aliphatic rings. The van der Waals surface area contributed by atoms with Crippen LogP contribution in [0.2, 0.25) is 0 Å². The first kappa shape index (κ1) is 21.2. The molecule has 28 heavy (non-hydrogen) atoms. The summed E-state index contributed by atoms with van der Waals surface area (Å²) in [6.07, 6.45) is 0. The molecule has 2 N–H and O–H groups in total. The fourth-order valence-corrected chi connectivity index (χ4v) is 2.52. The molecule has 0 bridgehead atoms. The van der Waals surface area contributed by atoms with Crippen LogP contribution in [0.4, 0.5) is 5.69 Å². The number of carbonyl (C=O) groups excluding carboxylic acids is 2. The summed E-state index contributed by atoms with van der Waals surface area (Å²) in [5, 5.41) is 5.69. The van der Waals surface area contributed by atoms with E-state index < -0.39 is 6.04 Å². The lowest BCUT2D eigenvalue weighted by Gasteiger charge is -2.23. The summed E-state index contributed by atoms with van der Waals surface area (Å²) in [6, 6.07) is 14.1. The van der Waals surface area contributed by atoms with Crippen LogP contribution >= 0.6 is 0 Å². The number of amides is 2. The van der Waals surface area contributed by atoms with E-state index in [9.17, 15) is 9.59 Å². The minimum absolute atomic E-state index is 0.100. The van der Waals surface area contributed by atoms with Gasteiger partial charge in [0.05, 0.1) is 26.8 Å². The number of anilines is 1. The van der Waals surface area contributed by atoms with E-state index in [0.717, 1.165) is 17.1 Å². The van der Waals surface area contributed by atoms with Crippen LogP contribution in [-0.4, -0.2) is 50.6 Å². The van der Waals surface area contributed by atoms with Gasteiger partial charge in [-0.15, -0.1) is 0 Å². The van der Waals surface area contributed by atoms with E-state index in [4.69, 9.17) is 9.47 Å². The summed E-state index contributed by atoms with van der Waals surface area (Å²) in [6.45, 7) is 2.28. The fourth-order valence-electron chi connectivity index (χ4n) is 2.52. The maximum atomic E-state index is 12.4. The Balaban J connectivity index is 1.79. The van der Waals surface area contributed by atoms with Crippen LogP contribution in [0.15, 0.2) is 48.5 Å². The van der Waals surface area contributed by atoms with E-state index in [1.807, 2.05) is 24.3 Å². The van der Waals surface area contributed by atoms with Crippen molar-refractivity contribution in [1.29, 1.82) is 0 Å². The molecule has 0 aromatic heterocycles. The lowest BCUT2D eigenvalue weighted by molar-refractivity contribution is -0.126. The van der Waals surface area contributed by atoms with Crippen molar-refractivity contribution >= 4 is 17.5 Å². The Morgan fingerprint density at radius 3 is 2.04 bits per heavy atom. The van der Waals surface area contributed by atoms with Crippen LogP contribution in [0.3, 0.4) is 0 Å². The third kappa shape index (κ3) is 6.28. The lowest BCUT2D eigenvalue weighted by atomic mass is 10.2. The van der Waals surface area contributed by atoms with Crippen LogP contribution < -0.4 is 20.1 Å². The minimum atomic E-state index is -0.445. The van der Waals surface area contributed by atoms with E-state index in [2.05, 4.69) is 10.6 Å². The molecule has 0 fully saturated rings. The molecule has 2 amide bonds. The Kier molecular flexibility index (Phi) is 7.83. The lowest BCUT2D eigenvalue weighted by Crippen LogP contribution is -2.45. The van der Waals surface area contributed by atoms with Crippen LogP contribution in [0.25, 0.3) is 0 Å². The van der Waals surface area contributed by atoms with Crippen LogP contribution in [-0.2, 0) is 16.1 Å². The quantitative estimate of drug-likeness (QED) is 0.692. The molecule has 0 aliphatic carbocycles. The van der Waals surface area contributed by atoms with Gasteiger partial charge in [-0.05, 0) is 55.9 Å². The van der Waals surface area contributed by atoms with Gasteiger partial charge in [-0.2, -0.15) is 0 Å². The van der Waals surface area contributed by atoms with Crippen molar-refractivity contribution in [2.24, 2.45) is 0 Å². The molecule has 0 spiro atoms. The van der Waals surface area contributed by atoms with E-state index in [-0.39, 0.29) is 18.4 Å². The largest absolute Gasteiger partial charge is 0.497 e. The number of nitrogens with zero attached hydrogens (tertiary/aromatic N) is 1. The summed E-state index contributed by atoms with van der Waals surface area (Å²) in [7, 11) is 4.94. The van der Waals surface area contributed by atoms with E-state index >= 15 is 0 Å². The number of benzene rings is 2. The van der Waals surface area contributed by atoms with Gasteiger partial charge in [0.15, 0.2) is 0 Å². The second kappa shape index (κ2) is 10.3. The van der Waals surface area contributed by atoms with Gasteiger partial charge in [-0.25, -0.2) is 0 Å². The van der Waals surface area contributed by atoms with Crippen molar-refractivity contribution in [3.8, 4) is 11.5 Å². The molecular formula is C21H27N3O4. The summed E-state index contributed by atoms with van der Waals surface area (Å²) in [4.78, 5) is 26.3. The first-order chi connectivity index (χ1) is 13.4. The maximum absolute atomic E-state index is 12.4. The highest BCUT2D eigenvalue weighted by molar-refractivity contribution is 5.92. The van der Waals surface area contributed by atoms with Crippen LogP contribution in [0.1, 0.15) is 12.5 Å². The zero-order valence-corrected chi connectivity index (χ0v) is 16.7. The predicted molar refractivity (Wildman–Crippen MR) is 109 cm³/mol. The van der Waals surface area contributed by atoms with Gasteiger partial charge in [-0.3, -0.25) is 14.5 Å². The topological polar surface area (TPSA) is 79.9 Å². The molecule has 7 heteroatoms. The summed E-state index contributed by atoms with van der Waals surface area (Å²) in [5.74, 6) is 1.15. The summed E-state index contributed by atoms with van der Waals surface area (Å²) in [5.41, 5.74) is 1.65. The predicted octanol–water partition coefficient (Wildman–Crippen LogP) is 2.28. The number of likely N-dealkylation sites (N-methyl/N-ethyl adjacent to an activating group) is 1. The average molecular weight is 385 g/mol. The molecule has 0 saturated heterocycles. The maximum Gasteiger partial charge on any atom is 0.238 e. The standard InChI is InChI=1S/C21H27N3O4/c1-15(21(26)22-13-16-5-9-18(27-3)10-6-16)24(2)14-20(25)23-17-7-11-19(28-4)12-8-17/h5-12,15H,13-14H2,1-4H3,(H,22,26)(H,23,25)/t15-/m1/s1. The molecule has 1 atom stereocenters. The van der Waals surface area contributed by atoms with Gasteiger partial charge in [0.2, 0.25) is 11.8 Å².